The molecule has 1 saturated carbocycles. The minimum absolute atomic E-state index is 0.427. The van der Waals surface area contributed by atoms with Gasteiger partial charge in [0, 0.05) is 0 Å². The van der Waals surface area contributed by atoms with Gasteiger partial charge in [0.15, 0.2) is 11.6 Å². The molecule has 1 heterocycles. The number of hydrogen-bond donors (Lipinski definition) is 3. The van der Waals surface area contributed by atoms with Crippen LogP contribution in [-0.2, 0) is 14.3 Å². The molecule has 6 nitrogen and oxygen atoms in total. The molecule has 0 spiro atoms. The minimum atomic E-state index is -1.30. The monoisotopic (exact) mass is 217 g/mol. The summed E-state index contributed by atoms with van der Waals surface area (Å²) in [4.78, 5) is 11.6. The average molecular weight is 217 g/mol. The van der Waals surface area contributed by atoms with E-state index in [4.69, 9.17) is 15.2 Å². The molecule has 86 valence electrons. The molecule has 0 aromatic heterocycles. The van der Waals surface area contributed by atoms with Crippen molar-refractivity contribution in [3.05, 3.63) is 0 Å². The first-order chi connectivity index (χ1) is 6.83. The summed E-state index contributed by atoms with van der Waals surface area (Å²) in [6.45, 7) is 3.28. The van der Waals surface area contributed by atoms with Crippen molar-refractivity contribution >= 4 is 5.78 Å². The van der Waals surface area contributed by atoms with E-state index in [-0.39, 0.29) is 0 Å². The Morgan fingerprint density at radius 3 is 2.47 bits per heavy atom. The Balaban J connectivity index is 2.27. The third-order valence-electron chi connectivity index (χ3n) is 2.79. The number of rotatable bonds is 0. The molecule has 2 aliphatic rings. The molecule has 1 aliphatic carbocycles. The predicted molar refractivity (Wildman–Crippen MR) is 48.8 cm³/mol. The van der Waals surface area contributed by atoms with Crippen LogP contribution < -0.4 is 5.73 Å². The lowest BCUT2D eigenvalue weighted by Crippen LogP contribution is -2.63. The molecular formula is C9H15NO5. The van der Waals surface area contributed by atoms with Gasteiger partial charge in [-0.25, -0.2) is 0 Å². The first-order valence-electron chi connectivity index (χ1n) is 4.84. The number of Topliss-reactive ketones (excluding diaryl/α,β-unsaturated/α-hetero) is 1. The molecule has 0 bridgehead atoms. The summed E-state index contributed by atoms with van der Waals surface area (Å²) in [5, 5.41) is 19.2. The molecule has 0 unspecified atom stereocenters. The number of aliphatic hydroxyl groups is 2. The smallest absolute Gasteiger partial charge is 0.183 e. The second kappa shape index (κ2) is 3.23. The van der Waals surface area contributed by atoms with Crippen LogP contribution in [0, 0.1) is 0 Å². The van der Waals surface area contributed by atoms with Gasteiger partial charge in [-0.05, 0) is 13.8 Å². The molecule has 0 aromatic rings. The summed E-state index contributed by atoms with van der Waals surface area (Å²) in [5.74, 6) is -1.36. The lowest BCUT2D eigenvalue weighted by molar-refractivity contribution is -0.159. The van der Waals surface area contributed by atoms with E-state index in [1.54, 1.807) is 13.8 Å². The number of carbonyl (C=O) groups is 1. The van der Waals surface area contributed by atoms with E-state index < -0.39 is 42.0 Å². The summed E-state index contributed by atoms with van der Waals surface area (Å²) in [6, 6.07) is -1.11. The Labute approximate surface area is 87.0 Å². The summed E-state index contributed by atoms with van der Waals surface area (Å²) in [6.07, 6.45) is -4.20. The maximum Gasteiger partial charge on any atom is 0.183 e. The Hall–Kier alpha value is -0.530. The normalized spacial score (nSPS) is 49.1. The standard InChI is InChI=1S/C9H15NO5/c1-9(2)14-7-5(12)3(10)4(11)6(13)8(7)15-9/h3-4,6-8,11,13H,10H2,1-2H3/t3-,4-,6-,7-,8+/m1/s1. The lowest BCUT2D eigenvalue weighted by atomic mass is 9.85. The van der Waals surface area contributed by atoms with Gasteiger partial charge >= 0.3 is 0 Å². The van der Waals surface area contributed by atoms with Gasteiger partial charge in [0.25, 0.3) is 0 Å². The van der Waals surface area contributed by atoms with Crippen molar-refractivity contribution in [3.63, 3.8) is 0 Å². The van der Waals surface area contributed by atoms with E-state index >= 15 is 0 Å². The topological polar surface area (TPSA) is 102 Å². The van der Waals surface area contributed by atoms with Gasteiger partial charge in [0.2, 0.25) is 0 Å². The summed E-state index contributed by atoms with van der Waals surface area (Å²) in [7, 11) is 0. The SMILES string of the molecule is CC1(C)O[C@H]2[C@H](O)[C@H](O)[C@@H](N)C(=O)[C@H]2O1. The zero-order chi connectivity index (χ0) is 11.4. The molecule has 2 rings (SSSR count). The van der Waals surface area contributed by atoms with Crippen molar-refractivity contribution in [1.29, 1.82) is 0 Å². The van der Waals surface area contributed by atoms with Crippen molar-refractivity contribution in [3.8, 4) is 0 Å². The molecule has 15 heavy (non-hydrogen) atoms. The third kappa shape index (κ3) is 1.58. The lowest BCUT2D eigenvalue weighted by Gasteiger charge is -2.34. The van der Waals surface area contributed by atoms with Crippen LogP contribution in [0.25, 0.3) is 0 Å². The van der Waals surface area contributed by atoms with Crippen molar-refractivity contribution in [1.82, 2.24) is 0 Å². The van der Waals surface area contributed by atoms with Crippen LogP contribution >= 0.6 is 0 Å². The maximum absolute atomic E-state index is 11.6. The molecule has 4 N–H and O–H groups in total. The maximum atomic E-state index is 11.6. The van der Waals surface area contributed by atoms with Crippen LogP contribution in [0.1, 0.15) is 13.8 Å². The highest BCUT2D eigenvalue weighted by Gasteiger charge is 2.56. The third-order valence-corrected chi connectivity index (χ3v) is 2.79. The van der Waals surface area contributed by atoms with Gasteiger partial charge in [-0.2, -0.15) is 0 Å². The van der Waals surface area contributed by atoms with Crippen LogP contribution in [0.5, 0.6) is 0 Å². The molecule has 0 radical (unpaired) electrons. The predicted octanol–water partition coefficient (Wildman–Crippen LogP) is -1.86. The number of aliphatic hydroxyl groups excluding tert-OH is 2. The van der Waals surface area contributed by atoms with Crippen molar-refractivity contribution < 1.29 is 24.5 Å². The number of nitrogens with two attached hydrogens (primary N) is 1. The first-order valence-corrected chi connectivity index (χ1v) is 4.84. The summed E-state index contributed by atoms with van der Waals surface area (Å²) >= 11 is 0. The van der Waals surface area contributed by atoms with Gasteiger partial charge in [-0.15, -0.1) is 0 Å². The van der Waals surface area contributed by atoms with E-state index in [2.05, 4.69) is 0 Å². The number of ether oxygens (including phenoxy) is 2. The van der Waals surface area contributed by atoms with Crippen LogP contribution in [0.2, 0.25) is 0 Å². The van der Waals surface area contributed by atoms with E-state index in [0.717, 1.165) is 0 Å². The summed E-state index contributed by atoms with van der Waals surface area (Å²) < 4.78 is 10.7. The van der Waals surface area contributed by atoms with Gasteiger partial charge in [0.1, 0.15) is 24.4 Å². The van der Waals surface area contributed by atoms with Crippen molar-refractivity contribution in [2.24, 2.45) is 5.73 Å². The van der Waals surface area contributed by atoms with Crippen molar-refractivity contribution in [2.75, 3.05) is 0 Å². The molecule has 2 fully saturated rings. The molecule has 1 aliphatic heterocycles. The Kier molecular flexibility index (Phi) is 2.36. The Morgan fingerprint density at radius 1 is 1.27 bits per heavy atom. The minimum Gasteiger partial charge on any atom is -0.388 e. The quantitative estimate of drug-likeness (QED) is 0.439. The second-order valence-electron chi connectivity index (χ2n) is 4.43. The number of hydrogen-bond acceptors (Lipinski definition) is 6. The molecule has 0 aromatic carbocycles. The van der Waals surface area contributed by atoms with Crippen LogP contribution in [0.3, 0.4) is 0 Å². The van der Waals surface area contributed by atoms with E-state index in [9.17, 15) is 15.0 Å². The second-order valence-corrected chi connectivity index (χ2v) is 4.43. The van der Waals surface area contributed by atoms with Gasteiger partial charge in [-0.1, -0.05) is 0 Å². The molecule has 1 saturated heterocycles. The first kappa shape index (κ1) is 11.0. The molecule has 6 heteroatoms. The van der Waals surface area contributed by atoms with Crippen LogP contribution in [0.4, 0.5) is 0 Å². The number of fused-ring (bicyclic) bond motifs is 1. The van der Waals surface area contributed by atoms with E-state index in [1.807, 2.05) is 0 Å². The molecule has 5 atom stereocenters. The highest BCUT2D eigenvalue weighted by atomic mass is 16.8. The van der Waals surface area contributed by atoms with Gasteiger partial charge in [0.05, 0.1) is 6.04 Å². The van der Waals surface area contributed by atoms with E-state index in [0.29, 0.717) is 0 Å². The molecular weight excluding hydrogens is 202 g/mol. The summed E-state index contributed by atoms with van der Waals surface area (Å²) in [5.41, 5.74) is 5.46. The van der Waals surface area contributed by atoms with Crippen molar-refractivity contribution in [2.45, 2.75) is 50.1 Å². The number of ketones is 1. The zero-order valence-corrected chi connectivity index (χ0v) is 8.58. The fraction of sp³-hybridized carbons (Fsp3) is 0.889. The zero-order valence-electron chi connectivity index (χ0n) is 8.58. The Morgan fingerprint density at radius 2 is 1.87 bits per heavy atom. The number of carbonyl (C=O) groups excluding carboxylic acids is 1. The fourth-order valence-electron chi connectivity index (χ4n) is 2.02. The average Bonchev–Trinajstić information content (AvgIpc) is 2.48. The highest BCUT2D eigenvalue weighted by molar-refractivity contribution is 5.90. The van der Waals surface area contributed by atoms with Crippen LogP contribution in [0.15, 0.2) is 0 Å². The Bertz CT molecular complexity index is 292. The highest BCUT2D eigenvalue weighted by Crippen LogP contribution is 2.35. The largest absolute Gasteiger partial charge is 0.388 e. The van der Waals surface area contributed by atoms with Gasteiger partial charge < -0.3 is 25.4 Å². The van der Waals surface area contributed by atoms with Gasteiger partial charge in [-0.3, -0.25) is 4.79 Å². The molecule has 0 amide bonds. The van der Waals surface area contributed by atoms with Crippen LogP contribution in [-0.4, -0.2) is 52.2 Å². The fourth-order valence-corrected chi connectivity index (χ4v) is 2.02. The van der Waals surface area contributed by atoms with E-state index in [1.165, 1.54) is 0 Å².